The van der Waals surface area contributed by atoms with Crippen molar-refractivity contribution in [3.63, 3.8) is 0 Å². The summed E-state index contributed by atoms with van der Waals surface area (Å²) in [7, 11) is 0. The number of hydrogen-bond acceptors (Lipinski definition) is 6. The van der Waals surface area contributed by atoms with E-state index < -0.39 is 5.97 Å². The lowest BCUT2D eigenvalue weighted by atomic mass is 10.1. The topological polar surface area (TPSA) is 75.0 Å². The van der Waals surface area contributed by atoms with Crippen LogP contribution in [-0.2, 0) is 9.53 Å². The third kappa shape index (κ3) is 3.48. The molecule has 2 heterocycles. The molecule has 0 radical (unpaired) electrons. The monoisotopic (exact) mass is 328 g/mol. The number of Topliss-reactive ketones (excluding diaryl/α,β-unsaturated/α-hetero) is 1. The van der Waals surface area contributed by atoms with Crippen molar-refractivity contribution in [2.24, 2.45) is 0 Å². The van der Waals surface area contributed by atoms with E-state index in [1.54, 1.807) is 44.2 Å². The van der Waals surface area contributed by atoms with Crippen LogP contribution < -0.4 is 9.47 Å². The Hall–Kier alpha value is -3.02. The zero-order chi connectivity index (χ0) is 17.1. The number of furan rings is 1. The quantitative estimate of drug-likeness (QED) is 0.619. The molecule has 0 aliphatic carbocycles. The summed E-state index contributed by atoms with van der Waals surface area (Å²) in [6.45, 7) is 3.32. The van der Waals surface area contributed by atoms with Gasteiger partial charge in [-0.3, -0.25) is 4.79 Å². The van der Waals surface area contributed by atoms with Crippen molar-refractivity contribution in [1.29, 1.82) is 0 Å². The van der Waals surface area contributed by atoms with E-state index in [4.69, 9.17) is 18.6 Å². The smallest absolute Gasteiger partial charge is 0.344 e. The van der Waals surface area contributed by atoms with Crippen LogP contribution in [0.15, 0.2) is 46.8 Å². The number of rotatable bonds is 5. The molecule has 0 bridgehead atoms. The van der Waals surface area contributed by atoms with E-state index in [0.717, 1.165) is 0 Å². The molecule has 1 aliphatic heterocycles. The van der Waals surface area contributed by atoms with Gasteiger partial charge >= 0.3 is 5.97 Å². The Morgan fingerprint density at radius 2 is 2.12 bits per heavy atom. The summed E-state index contributed by atoms with van der Waals surface area (Å²) < 4.78 is 21.1. The number of carbonyl (C=O) groups excluding carboxylic acids is 2. The molecule has 0 atom stereocenters. The maximum atomic E-state index is 12.3. The lowest BCUT2D eigenvalue weighted by Gasteiger charge is -2.09. The minimum Gasteiger partial charge on any atom is -0.482 e. The highest BCUT2D eigenvalue weighted by atomic mass is 16.6. The van der Waals surface area contributed by atoms with Gasteiger partial charge in [0.25, 0.3) is 0 Å². The van der Waals surface area contributed by atoms with Gasteiger partial charge in [-0.2, -0.15) is 0 Å². The largest absolute Gasteiger partial charge is 0.482 e. The minimum atomic E-state index is -0.458. The second-order valence-corrected chi connectivity index (χ2v) is 5.44. The van der Waals surface area contributed by atoms with E-state index in [1.165, 1.54) is 12.3 Å². The van der Waals surface area contributed by atoms with Gasteiger partial charge in [0.1, 0.15) is 17.3 Å². The molecule has 124 valence electrons. The zero-order valence-corrected chi connectivity index (χ0v) is 13.3. The molecule has 1 aliphatic rings. The number of esters is 1. The SMILES string of the molecule is CC(C)OC(=O)COc1ccc2c(c1)O/C(=C/c1ccco1)C2=O. The normalized spacial score (nSPS) is 14.6. The Bertz CT molecular complexity index is 786. The standard InChI is InChI=1S/C18H16O6/c1-11(2)23-17(19)10-22-13-5-6-14-15(8-13)24-16(18(14)20)9-12-4-3-7-21-12/h3-9,11H,10H2,1-2H3/b16-9+. The fraction of sp³-hybridized carbons (Fsp3) is 0.222. The Kier molecular flexibility index (Phi) is 4.37. The molecule has 1 aromatic heterocycles. The first kappa shape index (κ1) is 15.9. The van der Waals surface area contributed by atoms with Crippen molar-refractivity contribution in [2.45, 2.75) is 20.0 Å². The van der Waals surface area contributed by atoms with E-state index in [-0.39, 0.29) is 24.3 Å². The summed E-state index contributed by atoms with van der Waals surface area (Å²) in [6, 6.07) is 8.23. The van der Waals surface area contributed by atoms with Gasteiger partial charge < -0.3 is 18.6 Å². The average molecular weight is 328 g/mol. The average Bonchev–Trinajstić information content (AvgIpc) is 3.14. The van der Waals surface area contributed by atoms with Crippen LogP contribution in [-0.4, -0.2) is 24.5 Å². The summed E-state index contributed by atoms with van der Waals surface area (Å²) >= 11 is 0. The predicted octanol–water partition coefficient (Wildman–Crippen LogP) is 3.23. The number of carbonyl (C=O) groups is 2. The molecule has 24 heavy (non-hydrogen) atoms. The van der Waals surface area contributed by atoms with Crippen molar-refractivity contribution in [2.75, 3.05) is 6.61 Å². The molecule has 6 nitrogen and oxygen atoms in total. The van der Waals surface area contributed by atoms with Gasteiger partial charge in [-0.05, 0) is 38.1 Å². The van der Waals surface area contributed by atoms with E-state index in [0.29, 0.717) is 22.8 Å². The molecule has 0 saturated carbocycles. The highest BCUT2D eigenvalue weighted by Crippen LogP contribution is 2.34. The Morgan fingerprint density at radius 1 is 1.29 bits per heavy atom. The molecular weight excluding hydrogens is 312 g/mol. The van der Waals surface area contributed by atoms with Crippen molar-refractivity contribution < 1.29 is 28.2 Å². The molecule has 1 aromatic carbocycles. The Labute approximate surface area is 138 Å². The third-order valence-electron chi connectivity index (χ3n) is 3.18. The van der Waals surface area contributed by atoms with Gasteiger partial charge in [0, 0.05) is 12.1 Å². The van der Waals surface area contributed by atoms with Crippen LogP contribution in [0.1, 0.15) is 30.0 Å². The number of benzene rings is 1. The number of ketones is 1. The Balaban J connectivity index is 1.70. The lowest BCUT2D eigenvalue weighted by molar-refractivity contribution is -0.149. The second-order valence-electron chi connectivity index (χ2n) is 5.44. The van der Waals surface area contributed by atoms with Crippen molar-refractivity contribution in [3.05, 3.63) is 53.7 Å². The van der Waals surface area contributed by atoms with Crippen molar-refractivity contribution in [1.82, 2.24) is 0 Å². The van der Waals surface area contributed by atoms with E-state index in [2.05, 4.69) is 0 Å². The fourth-order valence-corrected chi connectivity index (χ4v) is 2.20. The summed E-state index contributed by atoms with van der Waals surface area (Å²) in [5, 5.41) is 0. The molecule has 3 rings (SSSR count). The molecule has 0 amide bonds. The van der Waals surface area contributed by atoms with Crippen LogP contribution >= 0.6 is 0 Å². The third-order valence-corrected chi connectivity index (χ3v) is 3.18. The van der Waals surface area contributed by atoms with Gasteiger partial charge in [0.05, 0.1) is 17.9 Å². The van der Waals surface area contributed by atoms with Crippen LogP contribution in [0.4, 0.5) is 0 Å². The molecule has 0 N–H and O–H groups in total. The summed E-state index contributed by atoms with van der Waals surface area (Å²) in [4.78, 5) is 23.8. The number of hydrogen-bond donors (Lipinski definition) is 0. The van der Waals surface area contributed by atoms with Crippen LogP contribution in [0.3, 0.4) is 0 Å². The molecular formula is C18H16O6. The van der Waals surface area contributed by atoms with E-state index >= 15 is 0 Å². The van der Waals surface area contributed by atoms with Crippen LogP contribution in [0.2, 0.25) is 0 Å². The van der Waals surface area contributed by atoms with Crippen molar-refractivity contribution >= 4 is 17.8 Å². The summed E-state index contributed by atoms with van der Waals surface area (Å²) in [5.41, 5.74) is 0.435. The minimum absolute atomic E-state index is 0.177. The molecule has 0 saturated heterocycles. The maximum Gasteiger partial charge on any atom is 0.344 e. The van der Waals surface area contributed by atoms with Gasteiger partial charge in [0.2, 0.25) is 5.78 Å². The van der Waals surface area contributed by atoms with Gasteiger partial charge in [-0.1, -0.05) is 0 Å². The Morgan fingerprint density at radius 3 is 2.83 bits per heavy atom. The highest BCUT2D eigenvalue weighted by molar-refractivity contribution is 6.14. The lowest BCUT2D eigenvalue weighted by Crippen LogP contribution is -2.18. The van der Waals surface area contributed by atoms with Gasteiger partial charge in [0.15, 0.2) is 12.4 Å². The molecule has 2 aromatic rings. The first-order valence-corrected chi connectivity index (χ1v) is 7.47. The van der Waals surface area contributed by atoms with Crippen LogP contribution in [0.25, 0.3) is 6.08 Å². The number of allylic oxidation sites excluding steroid dienone is 1. The molecule has 0 spiro atoms. The number of fused-ring (bicyclic) bond motifs is 1. The number of ether oxygens (including phenoxy) is 3. The van der Waals surface area contributed by atoms with Crippen LogP contribution in [0.5, 0.6) is 11.5 Å². The first-order valence-electron chi connectivity index (χ1n) is 7.47. The fourth-order valence-electron chi connectivity index (χ4n) is 2.20. The van der Waals surface area contributed by atoms with E-state index in [1.807, 2.05) is 0 Å². The second kappa shape index (κ2) is 6.62. The zero-order valence-electron chi connectivity index (χ0n) is 13.3. The highest BCUT2D eigenvalue weighted by Gasteiger charge is 2.28. The summed E-state index contributed by atoms with van der Waals surface area (Å²) in [6.07, 6.45) is 2.85. The maximum absolute atomic E-state index is 12.3. The van der Waals surface area contributed by atoms with Crippen LogP contribution in [0, 0.1) is 0 Å². The predicted molar refractivity (Wildman–Crippen MR) is 84.8 cm³/mol. The molecule has 0 fully saturated rings. The van der Waals surface area contributed by atoms with Gasteiger partial charge in [-0.15, -0.1) is 0 Å². The first-order chi connectivity index (χ1) is 11.5. The summed E-state index contributed by atoms with van der Waals surface area (Å²) in [5.74, 6) is 0.817. The molecule has 6 heteroatoms. The van der Waals surface area contributed by atoms with E-state index in [9.17, 15) is 9.59 Å². The van der Waals surface area contributed by atoms with Gasteiger partial charge in [-0.25, -0.2) is 4.79 Å². The van der Waals surface area contributed by atoms with Crippen molar-refractivity contribution in [3.8, 4) is 11.5 Å². The molecule has 0 unspecified atom stereocenters.